The van der Waals surface area contributed by atoms with Crippen LogP contribution >= 0.6 is 35.6 Å². The van der Waals surface area contributed by atoms with E-state index in [1.807, 2.05) is 0 Å². The van der Waals surface area contributed by atoms with E-state index >= 15 is 0 Å². The zero-order valence-electron chi connectivity index (χ0n) is 9.69. The number of nitrogens with one attached hydrogen (secondary N) is 1. The fourth-order valence-electron chi connectivity index (χ4n) is 1.31. The maximum atomic E-state index is 11.7. The van der Waals surface area contributed by atoms with E-state index < -0.39 is 10.0 Å². The first kappa shape index (κ1) is 18.0. The minimum Gasteiger partial charge on any atom is -0.329 e. The van der Waals surface area contributed by atoms with Crippen LogP contribution in [0.1, 0.15) is 12.5 Å². The zero-order chi connectivity index (χ0) is 13.1. The Morgan fingerprint density at radius 3 is 2.22 bits per heavy atom. The second-order valence-corrected chi connectivity index (χ2v) is 6.42. The van der Waals surface area contributed by atoms with E-state index in [1.165, 1.54) is 0 Å². The summed E-state index contributed by atoms with van der Waals surface area (Å²) < 4.78 is 25.9. The molecule has 4 nitrogen and oxygen atoms in total. The molecule has 0 bridgehead atoms. The van der Waals surface area contributed by atoms with Gasteiger partial charge in [-0.05, 0) is 30.7 Å². The molecule has 0 saturated carbocycles. The average molecular weight is 334 g/mol. The first-order chi connectivity index (χ1) is 7.82. The Morgan fingerprint density at radius 2 is 1.78 bits per heavy atom. The first-order valence-corrected chi connectivity index (χ1v) is 7.38. The van der Waals surface area contributed by atoms with Gasteiger partial charge in [-0.1, -0.05) is 23.2 Å². The van der Waals surface area contributed by atoms with Crippen molar-refractivity contribution in [3.63, 3.8) is 0 Å². The predicted octanol–water partition coefficient (Wildman–Crippen LogP) is 2.18. The van der Waals surface area contributed by atoms with E-state index in [4.69, 9.17) is 28.9 Å². The molecule has 0 unspecified atom stereocenters. The lowest BCUT2D eigenvalue weighted by Gasteiger charge is -2.12. The molecule has 1 atom stereocenters. The second kappa shape index (κ2) is 7.53. The highest BCUT2D eigenvalue weighted by Gasteiger charge is 2.15. The quantitative estimate of drug-likeness (QED) is 0.867. The van der Waals surface area contributed by atoms with Gasteiger partial charge in [0.25, 0.3) is 0 Å². The molecule has 1 aromatic carbocycles. The molecular weight excluding hydrogens is 319 g/mol. The number of nitrogens with two attached hydrogens (primary N) is 1. The number of sulfonamides is 1. The Morgan fingerprint density at radius 1 is 1.28 bits per heavy atom. The Labute approximate surface area is 123 Å². The summed E-state index contributed by atoms with van der Waals surface area (Å²) in [5.74, 6) is -0.169. The normalized spacial score (nSPS) is 12.9. The molecule has 0 heterocycles. The molecule has 0 saturated heterocycles. The molecule has 1 rings (SSSR count). The number of rotatable bonds is 5. The molecule has 0 amide bonds. The summed E-state index contributed by atoms with van der Waals surface area (Å²) in [6.45, 7) is 1.94. The third-order valence-electron chi connectivity index (χ3n) is 2.01. The molecular formula is C10H15Cl3N2O2S. The highest BCUT2D eigenvalue weighted by molar-refractivity contribution is 7.88. The van der Waals surface area contributed by atoms with E-state index in [0.29, 0.717) is 15.6 Å². The molecule has 8 heteroatoms. The van der Waals surface area contributed by atoms with Gasteiger partial charge in [0.2, 0.25) is 10.0 Å². The summed E-state index contributed by atoms with van der Waals surface area (Å²) >= 11 is 11.6. The lowest BCUT2D eigenvalue weighted by molar-refractivity contribution is 0.562. The molecule has 0 fully saturated rings. The summed E-state index contributed by atoms with van der Waals surface area (Å²) in [6, 6.07) is 4.39. The van der Waals surface area contributed by atoms with E-state index in [0.717, 1.165) is 0 Å². The Balaban J connectivity index is 0.00000289. The van der Waals surface area contributed by atoms with Gasteiger partial charge in [0.15, 0.2) is 0 Å². The van der Waals surface area contributed by atoms with E-state index in [1.54, 1.807) is 25.1 Å². The third-order valence-corrected chi connectivity index (χ3v) is 3.92. The van der Waals surface area contributed by atoms with Gasteiger partial charge in [0.1, 0.15) is 0 Å². The second-order valence-electron chi connectivity index (χ2n) is 3.79. The number of hydrogen-bond acceptors (Lipinski definition) is 3. The van der Waals surface area contributed by atoms with Crippen LogP contribution in [0, 0.1) is 0 Å². The van der Waals surface area contributed by atoms with Crippen molar-refractivity contribution in [3.8, 4) is 0 Å². The summed E-state index contributed by atoms with van der Waals surface area (Å²) in [7, 11) is -3.43. The lowest BCUT2D eigenvalue weighted by atomic mass is 10.2. The minimum atomic E-state index is -3.43. The molecule has 0 aliphatic rings. The Bertz CT molecular complexity index is 474. The van der Waals surface area contributed by atoms with E-state index in [9.17, 15) is 8.42 Å². The fraction of sp³-hybridized carbons (Fsp3) is 0.400. The summed E-state index contributed by atoms with van der Waals surface area (Å²) in [5, 5.41) is 0.823. The van der Waals surface area contributed by atoms with Gasteiger partial charge in [-0.2, -0.15) is 0 Å². The number of benzene rings is 1. The van der Waals surface area contributed by atoms with Crippen molar-refractivity contribution in [2.75, 3.05) is 6.54 Å². The van der Waals surface area contributed by atoms with Crippen LogP contribution in [-0.2, 0) is 15.8 Å². The van der Waals surface area contributed by atoms with Crippen molar-refractivity contribution in [1.82, 2.24) is 4.72 Å². The summed E-state index contributed by atoms with van der Waals surface area (Å²) in [4.78, 5) is 0. The maximum absolute atomic E-state index is 11.7. The van der Waals surface area contributed by atoms with Crippen LogP contribution in [0.15, 0.2) is 18.2 Å². The van der Waals surface area contributed by atoms with Gasteiger partial charge in [-0.3, -0.25) is 0 Å². The van der Waals surface area contributed by atoms with E-state index in [2.05, 4.69) is 4.72 Å². The van der Waals surface area contributed by atoms with Crippen LogP contribution in [0.25, 0.3) is 0 Å². The molecule has 0 aliphatic heterocycles. The highest BCUT2D eigenvalue weighted by atomic mass is 35.5. The molecule has 1 aromatic rings. The smallest absolute Gasteiger partial charge is 0.216 e. The maximum Gasteiger partial charge on any atom is 0.216 e. The topological polar surface area (TPSA) is 72.2 Å². The van der Waals surface area contributed by atoms with Crippen molar-refractivity contribution >= 4 is 45.6 Å². The van der Waals surface area contributed by atoms with Crippen LogP contribution in [0.5, 0.6) is 0 Å². The van der Waals surface area contributed by atoms with Crippen molar-refractivity contribution in [2.45, 2.75) is 18.7 Å². The standard InChI is InChI=1S/C10H14Cl2N2O2S.ClH/c1-7(5-13)14-17(15,16)6-8-2-9(11)4-10(12)3-8;/h2-4,7,14H,5-6,13H2,1H3;1H/t7-;/m0./s1. The molecule has 0 aromatic heterocycles. The zero-order valence-corrected chi connectivity index (χ0v) is 12.8. The molecule has 0 aliphatic carbocycles. The van der Waals surface area contributed by atoms with Crippen molar-refractivity contribution in [1.29, 1.82) is 0 Å². The van der Waals surface area contributed by atoms with Crippen LogP contribution in [-0.4, -0.2) is 21.0 Å². The predicted molar refractivity (Wildman–Crippen MR) is 78.0 cm³/mol. The number of halogens is 3. The fourth-order valence-corrected chi connectivity index (χ4v) is 3.28. The molecule has 3 N–H and O–H groups in total. The largest absolute Gasteiger partial charge is 0.329 e. The van der Waals surface area contributed by atoms with Gasteiger partial charge in [-0.25, -0.2) is 13.1 Å². The first-order valence-electron chi connectivity index (χ1n) is 4.97. The molecule has 0 spiro atoms. The van der Waals surface area contributed by atoms with Crippen molar-refractivity contribution < 1.29 is 8.42 Å². The van der Waals surface area contributed by atoms with Crippen molar-refractivity contribution in [2.24, 2.45) is 5.73 Å². The van der Waals surface area contributed by atoms with Gasteiger partial charge >= 0.3 is 0 Å². The summed E-state index contributed by atoms with van der Waals surface area (Å²) in [6.07, 6.45) is 0. The SMILES string of the molecule is C[C@@H](CN)NS(=O)(=O)Cc1cc(Cl)cc(Cl)c1.Cl. The van der Waals surface area contributed by atoms with Crippen molar-refractivity contribution in [3.05, 3.63) is 33.8 Å². The molecule has 0 radical (unpaired) electrons. The Kier molecular flexibility index (Phi) is 7.51. The van der Waals surface area contributed by atoms with Gasteiger partial charge < -0.3 is 5.73 Å². The Hall–Kier alpha value is -0.0400. The lowest BCUT2D eigenvalue weighted by Crippen LogP contribution is -2.38. The monoisotopic (exact) mass is 332 g/mol. The number of hydrogen-bond donors (Lipinski definition) is 2. The van der Waals surface area contributed by atoms with Gasteiger partial charge in [0, 0.05) is 22.6 Å². The third kappa shape index (κ3) is 6.22. The van der Waals surface area contributed by atoms with Crippen LogP contribution in [0.2, 0.25) is 10.0 Å². The van der Waals surface area contributed by atoms with Crippen LogP contribution in [0.4, 0.5) is 0 Å². The summed E-state index contributed by atoms with van der Waals surface area (Å²) in [5.41, 5.74) is 5.89. The van der Waals surface area contributed by atoms with Crippen LogP contribution in [0.3, 0.4) is 0 Å². The molecule has 104 valence electrons. The molecule has 18 heavy (non-hydrogen) atoms. The highest BCUT2D eigenvalue weighted by Crippen LogP contribution is 2.20. The average Bonchev–Trinajstić information content (AvgIpc) is 2.13. The van der Waals surface area contributed by atoms with E-state index in [-0.39, 0.29) is 30.7 Å². The minimum absolute atomic E-state index is 0. The van der Waals surface area contributed by atoms with Gasteiger partial charge in [-0.15, -0.1) is 12.4 Å². The van der Waals surface area contributed by atoms with Crippen LogP contribution < -0.4 is 10.5 Å². The van der Waals surface area contributed by atoms with Gasteiger partial charge in [0.05, 0.1) is 5.75 Å².